The highest BCUT2D eigenvalue weighted by molar-refractivity contribution is 8.00. The monoisotopic (exact) mass is 647 g/mol. The summed E-state index contributed by atoms with van der Waals surface area (Å²) >= 11 is 6.65. The summed E-state index contributed by atoms with van der Waals surface area (Å²) in [5, 5.41) is 25.5. The maximum atomic E-state index is 13.7. The third kappa shape index (κ3) is 5.16. The summed E-state index contributed by atoms with van der Waals surface area (Å²) < 4.78 is 1.29. The quantitative estimate of drug-likeness (QED) is 0.0670. The van der Waals surface area contributed by atoms with Crippen LogP contribution in [0.5, 0.6) is 0 Å². The van der Waals surface area contributed by atoms with Gasteiger partial charge in [-0.15, -0.1) is 16.9 Å². The maximum absolute atomic E-state index is 13.7. The Hall–Kier alpha value is -5.56. The Morgan fingerprint density at radius 1 is 1.27 bits per heavy atom. The molecule has 1 aromatic carbocycles. The number of aromatic nitrogens is 7. The number of nitrogen functional groups attached to an aromatic ring is 1. The number of thiocarbonyl (C=S) groups is 1. The Balaban J connectivity index is 1.26. The van der Waals surface area contributed by atoms with Gasteiger partial charge in [0, 0.05) is 30.3 Å². The standard InChI is InChI=1S/C26H21N11O6S2/c1-36-21(33-34-35-36)20(44)13-8-45-25-17(24(41)37(25)18(13)26(42)43)32-23(40)15(10-3-2-4-11(27)5-10)31-22(39)12-6-29-14-7-28-9-30-16(14)19(12)38/h2-7,9,15,17,25H,8,27H2,1H3,(H,29,38)(H,31,39)(H,32,40)(H,42,43)/t15?,17?,25-/m0/s1. The number of hydrogen-bond donors (Lipinski definition) is 5. The molecule has 0 bridgehead atoms. The molecule has 6 rings (SSSR count). The smallest absolute Gasteiger partial charge is 0.353 e. The highest BCUT2D eigenvalue weighted by atomic mass is 32.2. The second kappa shape index (κ2) is 11.5. The van der Waals surface area contributed by atoms with Crippen molar-refractivity contribution in [3.63, 3.8) is 0 Å². The van der Waals surface area contributed by atoms with Crippen LogP contribution in [0.3, 0.4) is 0 Å². The molecule has 2 aliphatic rings. The summed E-state index contributed by atoms with van der Waals surface area (Å²) in [6.45, 7) is 0. The van der Waals surface area contributed by atoms with E-state index in [9.17, 15) is 29.1 Å². The summed E-state index contributed by atoms with van der Waals surface area (Å²) in [5.74, 6) is -3.51. The van der Waals surface area contributed by atoms with Crippen molar-refractivity contribution in [2.75, 3.05) is 11.5 Å². The van der Waals surface area contributed by atoms with E-state index < -0.39 is 46.6 Å². The van der Waals surface area contributed by atoms with Gasteiger partial charge in [-0.2, -0.15) is 0 Å². The number of carboxylic acid groups (broad SMARTS) is 1. The highest BCUT2D eigenvalue weighted by Crippen LogP contribution is 2.41. The number of aliphatic carboxylic acids is 1. The maximum Gasteiger partial charge on any atom is 0.353 e. The number of aryl methyl sites for hydroxylation is 1. The van der Waals surface area contributed by atoms with Gasteiger partial charge in [-0.1, -0.05) is 24.4 Å². The van der Waals surface area contributed by atoms with E-state index in [4.69, 9.17) is 18.0 Å². The molecule has 19 heteroatoms. The zero-order valence-corrected chi connectivity index (χ0v) is 24.6. The number of carbonyl (C=O) groups is 4. The number of amides is 3. The molecule has 1 saturated heterocycles. The topological polar surface area (TPSA) is 244 Å². The van der Waals surface area contributed by atoms with Crippen molar-refractivity contribution >= 4 is 69.3 Å². The van der Waals surface area contributed by atoms with Crippen LogP contribution in [0, 0.1) is 0 Å². The number of thioether (sulfide) groups is 1. The van der Waals surface area contributed by atoms with Gasteiger partial charge in [-0.3, -0.25) is 24.1 Å². The normalized spacial score (nSPS) is 18.2. The first-order valence-corrected chi connectivity index (χ1v) is 14.5. The first-order chi connectivity index (χ1) is 21.6. The minimum Gasteiger partial charge on any atom is -0.477 e. The molecule has 228 valence electrons. The minimum absolute atomic E-state index is 0.0198. The van der Waals surface area contributed by atoms with Crippen LogP contribution >= 0.6 is 24.0 Å². The number of pyridine rings is 1. The lowest BCUT2D eigenvalue weighted by molar-refractivity contribution is -0.150. The molecule has 1 fully saturated rings. The van der Waals surface area contributed by atoms with Crippen LogP contribution < -0.4 is 21.8 Å². The van der Waals surface area contributed by atoms with E-state index in [-0.39, 0.29) is 44.4 Å². The number of benzene rings is 1. The number of hydrogen-bond acceptors (Lipinski definition) is 13. The number of carbonyl (C=O) groups excluding carboxylic acids is 3. The van der Waals surface area contributed by atoms with E-state index in [1.807, 2.05) is 0 Å². The molecule has 45 heavy (non-hydrogen) atoms. The van der Waals surface area contributed by atoms with Crippen LogP contribution in [0.15, 0.2) is 59.1 Å². The molecule has 0 saturated carbocycles. The van der Waals surface area contributed by atoms with E-state index in [0.29, 0.717) is 11.2 Å². The third-order valence-corrected chi connectivity index (χ3v) is 8.84. The number of rotatable bonds is 8. The number of nitrogens with one attached hydrogen (secondary N) is 3. The Kier molecular flexibility index (Phi) is 7.54. The summed E-state index contributed by atoms with van der Waals surface area (Å²) in [6.07, 6.45) is 3.73. The van der Waals surface area contributed by atoms with Crippen molar-refractivity contribution in [1.82, 2.24) is 50.7 Å². The average molecular weight is 648 g/mol. The second-order valence-electron chi connectivity index (χ2n) is 9.88. The van der Waals surface area contributed by atoms with Crippen molar-refractivity contribution in [3.05, 3.63) is 81.4 Å². The average Bonchev–Trinajstić information content (AvgIpc) is 3.46. The van der Waals surface area contributed by atoms with E-state index in [2.05, 4.69) is 41.1 Å². The lowest BCUT2D eigenvalue weighted by Crippen LogP contribution is -2.71. The van der Waals surface area contributed by atoms with Crippen LogP contribution in [-0.2, 0) is 21.4 Å². The predicted molar refractivity (Wildman–Crippen MR) is 161 cm³/mol. The molecule has 4 aromatic rings. The van der Waals surface area contributed by atoms with Gasteiger partial charge in [0.05, 0.1) is 16.6 Å². The van der Waals surface area contributed by atoms with E-state index in [1.54, 1.807) is 25.2 Å². The van der Waals surface area contributed by atoms with Gasteiger partial charge in [0.15, 0.2) is 5.82 Å². The zero-order chi connectivity index (χ0) is 32.0. The molecule has 17 nitrogen and oxygen atoms in total. The SMILES string of the molecule is Cn1nnnc1C(=S)C1=C(C(=O)O)N2C(=O)C(NC(=O)C(NC(=O)c3c[nH]c4cncnc4c3=O)c3cccc(N)c3)[C@@H]2SC1. The van der Waals surface area contributed by atoms with E-state index in [0.717, 1.165) is 4.90 Å². The van der Waals surface area contributed by atoms with Gasteiger partial charge in [-0.25, -0.2) is 19.4 Å². The van der Waals surface area contributed by atoms with Gasteiger partial charge in [0.2, 0.25) is 11.3 Å². The van der Waals surface area contributed by atoms with E-state index >= 15 is 0 Å². The number of anilines is 1. The van der Waals surface area contributed by atoms with Crippen molar-refractivity contribution in [1.29, 1.82) is 0 Å². The predicted octanol–water partition coefficient (Wildman–Crippen LogP) is -0.948. The molecular weight excluding hydrogens is 626 g/mol. The Bertz CT molecular complexity index is 2030. The van der Waals surface area contributed by atoms with Crippen molar-refractivity contribution in [3.8, 4) is 0 Å². The van der Waals surface area contributed by atoms with Gasteiger partial charge in [0.1, 0.15) is 40.6 Å². The first kappa shape index (κ1) is 29.5. The molecule has 2 aliphatic heterocycles. The fourth-order valence-corrected chi connectivity index (χ4v) is 6.75. The fourth-order valence-electron chi connectivity index (χ4n) is 4.96. The molecule has 0 aliphatic carbocycles. The lowest BCUT2D eigenvalue weighted by Gasteiger charge is -2.49. The number of tetrazole rings is 1. The molecular formula is C26H21N11O6S2. The van der Waals surface area contributed by atoms with Crippen molar-refractivity contribution < 1.29 is 24.3 Å². The van der Waals surface area contributed by atoms with Crippen LogP contribution in [0.2, 0.25) is 0 Å². The number of fused-ring (bicyclic) bond motifs is 2. The van der Waals surface area contributed by atoms with Crippen LogP contribution in [0.1, 0.15) is 27.8 Å². The molecule has 0 radical (unpaired) electrons. The Labute approximate surface area is 261 Å². The van der Waals surface area contributed by atoms with Crippen LogP contribution in [-0.4, -0.2) is 90.9 Å². The van der Waals surface area contributed by atoms with Crippen molar-refractivity contribution in [2.24, 2.45) is 7.05 Å². The molecule has 2 unspecified atom stereocenters. The van der Waals surface area contributed by atoms with Gasteiger partial charge >= 0.3 is 5.97 Å². The van der Waals surface area contributed by atoms with Gasteiger partial charge in [0.25, 0.3) is 11.8 Å². The zero-order valence-electron chi connectivity index (χ0n) is 23.0. The number of H-pyrrole nitrogens is 1. The number of nitrogens with zero attached hydrogens (tertiary/aromatic N) is 7. The molecule has 0 spiro atoms. The number of carboxylic acids is 1. The number of aromatic amines is 1. The fraction of sp³-hybridized carbons (Fsp3) is 0.192. The summed E-state index contributed by atoms with van der Waals surface area (Å²) in [4.78, 5) is 77.3. The lowest BCUT2D eigenvalue weighted by atomic mass is 9.99. The third-order valence-electron chi connectivity index (χ3n) is 7.14. The number of β-lactam (4-membered cyclic amide) rings is 1. The Morgan fingerprint density at radius 2 is 2.07 bits per heavy atom. The number of nitrogens with two attached hydrogens (primary N) is 1. The second-order valence-corrected chi connectivity index (χ2v) is 11.4. The summed E-state index contributed by atoms with van der Waals surface area (Å²) in [7, 11) is 1.54. The Morgan fingerprint density at radius 3 is 2.78 bits per heavy atom. The first-order valence-electron chi connectivity index (χ1n) is 13.0. The molecule has 6 N–H and O–H groups in total. The minimum atomic E-state index is -1.39. The van der Waals surface area contributed by atoms with Gasteiger partial charge in [-0.05, 0) is 28.1 Å². The van der Waals surface area contributed by atoms with Crippen molar-refractivity contribution in [2.45, 2.75) is 17.5 Å². The highest BCUT2D eigenvalue weighted by Gasteiger charge is 2.55. The van der Waals surface area contributed by atoms with E-state index in [1.165, 1.54) is 41.2 Å². The molecule has 5 heterocycles. The largest absolute Gasteiger partial charge is 0.477 e. The molecule has 3 atom stereocenters. The molecule has 3 amide bonds. The summed E-state index contributed by atoms with van der Waals surface area (Å²) in [6, 6.07) is 3.64. The summed E-state index contributed by atoms with van der Waals surface area (Å²) in [5.41, 5.74) is 5.66. The van der Waals surface area contributed by atoms with Gasteiger partial charge < -0.3 is 26.5 Å². The molecule has 3 aromatic heterocycles. The van der Waals surface area contributed by atoms with Crippen LogP contribution in [0.4, 0.5) is 5.69 Å². The van der Waals surface area contributed by atoms with Crippen LogP contribution in [0.25, 0.3) is 11.0 Å².